The van der Waals surface area contributed by atoms with Crippen LogP contribution in [0.3, 0.4) is 0 Å². The van der Waals surface area contributed by atoms with E-state index in [4.69, 9.17) is 4.74 Å². The monoisotopic (exact) mass is 419 g/mol. The number of para-hydroxylation sites is 1. The standard InChI is InChI=1S/C23H25N5O3/c1-31-20-7-3-2-6-19(20)23(30)26-21-8-12-25-28(21)18-9-13-27(14-10-18)22(29)15-17-5-4-11-24-16-17/h2-8,11-12,16,18H,9-10,13-15H2,1H3,(H,26,30). The van der Waals surface area contributed by atoms with Crippen molar-refractivity contribution < 1.29 is 14.3 Å². The number of hydrogen-bond donors (Lipinski definition) is 1. The van der Waals surface area contributed by atoms with E-state index in [9.17, 15) is 9.59 Å². The van der Waals surface area contributed by atoms with Gasteiger partial charge in [0.1, 0.15) is 11.6 Å². The Balaban J connectivity index is 1.37. The number of pyridine rings is 1. The molecule has 1 aliphatic heterocycles. The van der Waals surface area contributed by atoms with Crippen molar-refractivity contribution in [3.8, 4) is 5.75 Å². The SMILES string of the molecule is COc1ccccc1C(=O)Nc1ccnn1C1CCN(C(=O)Cc2cccnc2)CC1. The number of nitrogens with zero attached hydrogens (tertiary/aromatic N) is 4. The van der Waals surface area contributed by atoms with E-state index in [1.807, 2.05) is 27.8 Å². The van der Waals surface area contributed by atoms with Crippen molar-refractivity contribution in [1.29, 1.82) is 0 Å². The Bertz CT molecular complexity index is 1040. The average Bonchev–Trinajstić information content (AvgIpc) is 3.27. The lowest BCUT2D eigenvalue weighted by Gasteiger charge is -2.32. The Morgan fingerprint density at radius 1 is 1.10 bits per heavy atom. The first-order chi connectivity index (χ1) is 15.2. The van der Waals surface area contributed by atoms with Gasteiger partial charge in [0.05, 0.1) is 31.3 Å². The minimum Gasteiger partial charge on any atom is -0.496 e. The van der Waals surface area contributed by atoms with Crippen LogP contribution in [0.15, 0.2) is 61.1 Å². The first-order valence-electron chi connectivity index (χ1n) is 10.3. The molecule has 0 radical (unpaired) electrons. The summed E-state index contributed by atoms with van der Waals surface area (Å²) in [6.45, 7) is 1.31. The zero-order valence-corrected chi connectivity index (χ0v) is 17.4. The van der Waals surface area contributed by atoms with Gasteiger partial charge in [0.25, 0.3) is 5.91 Å². The van der Waals surface area contributed by atoms with Crippen molar-refractivity contribution in [2.45, 2.75) is 25.3 Å². The largest absolute Gasteiger partial charge is 0.496 e. The summed E-state index contributed by atoms with van der Waals surface area (Å²) < 4.78 is 7.13. The molecule has 31 heavy (non-hydrogen) atoms. The predicted molar refractivity (Wildman–Crippen MR) is 116 cm³/mol. The number of rotatable bonds is 6. The van der Waals surface area contributed by atoms with Crippen LogP contribution in [-0.2, 0) is 11.2 Å². The van der Waals surface area contributed by atoms with Gasteiger partial charge in [-0.25, -0.2) is 4.68 Å². The number of ether oxygens (including phenoxy) is 1. The summed E-state index contributed by atoms with van der Waals surface area (Å²) in [4.78, 5) is 31.3. The molecule has 0 spiro atoms. The fourth-order valence-corrected chi connectivity index (χ4v) is 3.87. The maximum absolute atomic E-state index is 12.8. The van der Waals surface area contributed by atoms with E-state index in [1.54, 1.807) is 50.0 Å². The number of carbonyl (C=O) groups excluding carboxylic acids is 2. The molecule has 160 valence electrons. The highest BCUT2D eigenvalue weighted by molar-refractivity contribution is 6.05. The van der Waals surface area contributed by atoms with Gasteiger partial charge in [-0.15, -0.1) is 0 Å². The molecule has 1 N–H and O–H groups in total. The first kappa shape index (κ1) is 20.6. The summed E-state index contributed by atoms with van der Waals surface area (Å²) in [5.41, 5.74) is 1.39. The van der Waals surface area contributed by atoms with E-state index in [0.717, 1.165) is 18.4 Å². The number of carbonyl (C=O) groups is 2. The van der Waals surface area contributed by atoms with Gasteiger partial charge in [-0.2, -0.15) is 5.10 Å². The van der Waals surface area contributed by atoms with Crippen molar-refractivity contribution in [2.75, 3.05) is 25.5 Å². The summed E-state index contributed by atoms with van der Waals surface area (Å²) in [6, 6.07) is 12.8. The molecule has 0 unspecified atom stereocenters. The van der Waals surface area contributed by atoms with Crippen LogP contribution in [0.2, 0.25) is 0 Å². The highest BCUT2D eigenvalue weighted by atomic mass is 16.5. The minimum absolute atomic E-state index is 0.108. The van der Waals surface area contributed by atoms with Crippen LogP contribution in [0.25, 0.3) is 0 Å². The molecule has 0 atom stereocenters. The van der Waals surface area contributed by atoms with E-state index in [0.29, 0.717) is 36.6 Å². The summed E-state index contributed by atoms with van der Waals surface area (Å²) in [5.74, 6) is 1.02. The Labute approximate surface area is 180 Å². The summed E-state index contributed by atoms with van der Waals surface area (Å²) in [6.07, 6.45) is 7.02. The van der Waals surface area contributed by atoms with Gasteiger partial charge in [0.2, 0.25) is 5.91 Å². The molecule has 3 aromatic rings. The topological polar surface area (TPSA) is 89.4 Å². The van der Waals surface area contributed by atoms with E-state index >= 15 is 0 Å². The van der Waals surface area contributed by atoms with Crippen LogP contribution >= 0.6 is 0 Å². The van der Waals surface area contributed by atoms with E-state index in [2.05, 4.69) is 15.4 Å². The maximum Gasteiger partial charge on any atom is 0.260 e. The van der Waals surface area contributed by atoms with Crippen molar-refractivity contribution in [1.82, 2.24) is 19.7 Å². The van der Waals surface area contributed by atoms with E-state index in [1.165, 1.54) is 0 Å². The second-order valence-electron chi connectivity index (χ2n) is 7.47. The van der Waals surface area contributed by atoms with Crippen LogP contribution in [0.4, 0.5) is 5.82 Å². The minimum atomic E-state index is -0.247. The quantitative estimate of drug-likeness (QED) is 0.664. The number of methoxy groups -OCH3 is 1. The lowest BCUT2D eigenvalue weighted by atomic mass is 10.0. The number of aromatic nitrogens is 3. The van der Waals surface area contributed by atoms with Gasteiger partial charge in [-0.05, 0) is 36.6 Å². The molecule has 1 aromatic carbocycles. The van der Waals surface area contributed by atoms with Gasteiger partial charge < -0.3 is 15.0 Å². The normalized spacial score (nSPS) is 14.3. The Kier molecular flexibility index (Phi) is 6.26. The average molecular weight is 419 g/mol. The van der Waals surface area contributed by atoms with Gasteiger partial charge >= 0.3 is 0 Å². The molecular formula is C23H25N5O3. The summed E-state index contributed by atoms with van der Waals surface area (Å²) in [5, 5.41) is 7.37. The van der Waals surface area contributed by atoms with E-state index < -0.39 is 0 Å². The van der Waals surface area contributed by atoms with Crippen LogP contribution < -0.4 is 10.1 Å². The summed E-state index contributed by atoms with van der Waals surface area (Å²) in [7, 11) is 1.54. The zero-order chi connectivity index (χ0) is 21.6. The fraction of sp³-hybridized carbons (Fsp3) is 0.304. The third-order valence-corrected chi connectivity index (χ3v) is 5.50. The molecule has 1 saturated heterocycles. The molecule has 1 fully saturated rings. The molecule has 0 saturated carbocycles. The molecule has 8 heteroatoms. The van der Waals surface area contributed by atoms with Crippen molar-refractivity contribution in [3.63, 3.8) is 0 Å². The molecule has 2 aromatic heterocycles. The van der Waals surface area contributed by atoms with Gasteiger partial charge in [0, 0.05) is 31.5 Å². The second kappa shape index (κ2) is 9.42. The molecule has 1 aliphatic rings. The van der Waals surface area contributed by atoms with Crippen molar-refractivity contribution in [3.05, 3.63) is 72.2 Å². The molecule has 4 rings (SSSR count). The Morgan fingerprint density at radius 3 is 2.65 bits per heavy atom. The first-order valence-corrected chi connectivity index (χ1v) is 10.3. The highest BCUT2D eigenvalue weighted by Gasteiger charge is 2.26. The van der Waals surface area contributed by atoms with Crippen LogP contribution in [-0.4, -0.2) is 51.7 Å². The maximum atomic E-state index is 12.8. The molecule has 0 bridgehead atoms. The number of benzene rings is 1. The number of nitrogens with one attached hydrogen (secondary N) is 1. The predicted octanol–water partition coefficient (Wildman–Crippen LogP) is 2.95. The molecular weight excluding hydrogens is 394 g/mol. The molecule has 8 nitrogen and oxygen atoms in total. The van der Waals surface area contributed by atoms with Crippen LogP contribution in [0.1, 0.15) is 34.8 Å². The third kappa shape index (κ3) is 4.74. The van der Waals surface area contributed by atoms with Crippen molar-refractivity contribution in [2.24, 2.45) is 0 Å². The van der Waals surface area contributed by atoms with Gasteiger partial charge in [-0.3, -0.25) is 14.6 Å². The number of amides is 2. The van der Waals surface area contributed by atoms with Gasteiger partial charge in [-0.1, -0.05) is 18.2 Å². The lowest BCUT2D eigenvalue weighted by Crippen LogP contribution is -2.40. The van der Waals surface area contributed by atoms with Crippen LogP contribution in [0, 0.1) is 0 Å². The Hall–Kier alpha value is -3.68. The van der Waals surface area contributed by atoms with Gasteiger partial charge in [0.15, 0.2) is 0 Å². The van der Waals surface area contributed by atoms with Crippen LogP contribution in [0.5, 0.6) is 5.75 Å². The number of hydrogen-bond acceptors (Lipinski definition) is 5. The number of piperidine rings is 1. The third-order valence-electron chi connectivity index (χ3n) is 5.50. The van der Waals surface area contributed by atoms with E-state index in [-0.39, 0.29) is 17.9 Å². The fourth-order valence-electron chi connectivity index (χ4n) is 3.87. The number of anilines is 1. The number of likely N-dealkylation sites (tertiary alicyclic amines) is 1. The highest BCUT2D eigenvalue weighted by Crippen LogP contribution is 2.27. The Morgan fingerprint density at radius 2 is 1.90 bits per heavy atom. The smallest absolute Gasteiger partial charge is 0.260 e. The molecule has 0 aliphatic carbocycles. The second-order valence-corrected chi connectivity index (χ2v) is 7.47. The van der Waals surface area contributed by atoms with Crippen molar-refractivity contribution >= 4 is 17.6 Å². The lowest BCUT2D eigenvalue weighted by molar-refractivity contribution is -0.131. The molecule has 2 amide bonds. The summed E-state index contributed by atoms with van der Waals surface area (Å²) >= 11 is 0. The molecule has 3 heterocycles. The zero-order valence-electron chi connectivity index (χ0n) is 17.4.